The lowest BCUT2D eigenvalue weighted by atomic mass is 10.2. The van der Waals surface area contributed by atoms with Gasteiger partial charge in [0, 0.05) is 21.1 Å². The van der Waals surface area contributed by atoms with E-state index in [2.05, 4.69) is 25.6 Å². The van der Waals surface area contributed by atoms with E-state index in [0.717, 1.165) is 11.3 Å². The van der Waals surface area contributed by atoms with Gasteiger partial charge < -0.3 is 15.5 Å². The molecule has 6 nitrogen and oxygen atoms in total. The molecule has 0 bridgehead atoms. The van der Waals surface area contributed by atoms with Gasteiger partial charge in [0.25, 0.3) is 0 Å². The normalized spacial score (nSPS) is 10.2. The van der Waals surface area contributed by atoms with Crippen LogP contribution in [0.2, 0.25) is 5.02 Å². The molecule has 2 rings (SSSR count). The lowest BCUT2D eigenvalue weighted by molar-refractivity contribution is 0.963. The molecule has 20 heavy (non-hydrogen) atoms. The molecule has 1 aromatic heterocycles. The van der Waals surface area contributed by atoms with Crippen LogP contribution in [0.3, 0.4) is 0 Å². The fraction of sp³-hybridized carbons (Fsp3) is 0.308. The maximum Gasteiger partial charge on any atom is 0.233 e. The second kappa shape index (κ2) is 5.92. The predicted octanol–water partition coefficient (Wildman–Crippen LogP) is 2.68. The Balaban J connectivity index is 2.34. The number of anilines is 4. The molecule has 7 heteroatoms. The average molecular weight is 293 g/mol. The summed E-state index contributed by atoms with van der Waals surface area (Å²) in [6.07, 6.45) is 0. The Morgan fingerprint density at radius 2 is 1.80 bits per heavy atom. The van der Waals surface area contributed by atoms with Gasteiger partial charge in [-0.2, -0.15) is 15.0 Å². The number of halogens is 1. The van der Waals surface area contributed by atoms with Crippen LogP contribution in [0.15, 0.2) is 18.2 Å². The van der Waals surface area contributed by atoms with Gasteiger partial charge in [0.15, 0.2) is 0 Å². The first-order chi connectivity index (χ1) is 9.49. The molecule has 0 unspecified atom stereocenters. The molecular weight excluding hydrogens is 276 g/mol. The highest BCUT2D eigenvalue weighted by Crippen LogP contribution is 2.25. The van der Waals surface area contributed by atoms with Gasteiger partial charge >= 0.3 is 0 Å². The minimum absolute atomic E-state index is 0.443. The second-order valence-corrected chi connectivity index (χ2v) is 4.94. The van der Waals surface area contributed by atoms with Crippen molar-refractivity contribution in [3.8, 4) is 0 Å². The molecule has 0 amide bonds. The van der Waals surface area contributed by atoms with E-state index in [0.29, 0.717) is 22.9 Å². The lowest BCUT2D eigenvalue weighted by Gasteiger charge is -2.13. The fourth-order valence-electron chi connectivity index (χ4n) is 1.57. The quantitative estimate of drug-likeness (QED) is 0.903. The van der Waals surface area contributed by atoms with Gasteiger partial charge in [-0.25, -0.2) is 0 Å². The first kappa shape index (κ1) is 14.3. The average Bonchev–Trinajstić information content (AvgIpc) is 2.41. The predicted molar refractivity (Wildman–Crippen MR) is 83.2 cm³/mol. The Morgan fingerprint density at radius 3 is 2.40 bits per heavy atom. The zero-order valence-corrected chi connectivity index (χ0v) is 12.7. The number of nitrogens with zero attached hydrogens (tertiary/aromatic N) is 4. The van der Waals surface area contributed by atoms with Crippen molar-refractivity contribution < 1.29 is 0 Å². The molecule has 0 fully saturated rings. The van der Waals surface area contributed by atoms with Crippen LogP contribution in [0.5, 0.6) is 0 Å². The number of aryl methyl sites for hydroxylation is 1. The number of rotatable bonds is 4. The van der Waals surface area contributed by atoms with Gasteiger partial charge in [0.05, 0.1) is 10.7 Å². The van der Waals surface area contributed by atoms with Crippen LogP contribution in [0.1, 0.15) is 5.56 Å². The van der Waals surface area contributed by atoms with E-state index in [-0.39, 0.29) is 0 Å². The highest BCUT2D eigenvalue weighted by atomic mass is 35.5. The second-order valence-electron chi connectivity index (χ2n) is 4.54. The van der Waals surface area contributed by atoms with Gasteiger partial charge in [0.2, 0.25) is 17.8 Å². The van der Waals surface area contributed by atoms with E-state index in [1.165, 1.54) is 0 Å². The SMILES string of the molecule is CNc1nc(Nc2ccc(C)cc2Cl)nc(N(C)C)n1. The maximum absolute atomic E-state index is 6.20. The largest absolute Gasteiger partial charge is 0.357 e. The van der Waals surface area contributed by atoms with Crippen LogP contribution in [-0.4, -0.2) is 36.1 Å². The van der Waals surface area contributed by atoms with Crippen LogP contribution in [0.4, 0.5) is 23.5 Å². The minimum Gasteiger partial charge on any atom is -0.357 e. The van der Waals surface area contributed by atoms with Crippen molar-refractivity contribution >= 4 is 35.1 Å². The van der Waals surface area contributed by atoms with Crippen molar-refractivity contribution in [2.75, 3.05) is 36.7 Å². The topological polar surface area (TPSA) is 66.0 Å². The Hall–Kier alpha value is -2.08. The molecular formula is C13H17ClN6. The third kappa shape index (κ3) is 3.27. The summed E-state index contributed by atoms with van der Waals surface area (Å²) in [5.74, 6) is 1.50. The van der Waals surface area contributed by atoms with Crippen LogP contribution < -0.4 is 15.5 Å². The monoisotopic (exact) mass is 292 g/mol. The van der Waals surface area contributed by atoms with Gasteiger partial charge in [0.1, 0.15) is 0 Å². The Bertz CT molecular complexity index is 614. The third-order valence-corrected chi connectivity index (χ3v) is 2.93. The van der Waals surface area contributed by atoms with E-state index in [9.17, 15) is 0 Å². The van der Waals surface area contributed by atoms with Crippen molar-refractivity contribution in [2.45, 2.75) is 6.92 Å². The number of benzene rings is 1. The molecule has 106 valence electrons. The lowest BCUT2D eigenvalue weighted by Crippen LogP contribution is -2.15. The van der Waals surface area contributed by atoms with E-state index in [4.69, 9.17) is 11.6 Å². The van der Waals surface area contributed by atoms with E-state index in [1.54, 1.807) is 7.05 Å². The van der Waals surface area contributed by atoms with Crippen LogP contribution in [0, 0.1) is 6.92 Å². The first-order valence-corrected chi connectivity index (χ1v) is 6.51. The molecule has 0 aliphatic heterocycles. The van der Waals surface area contributed by atoms with Gasteiger partial charge in [-0.05, 0) is 24.6 Å². The Morgan fingerprint density at radius 1 is 1.10 bits per heavy atom. The van der Waals surface area contributed by atoms with Gasteiger partial charge in [-0.3, -0.25) is 0 Å². The summed E-state index contributed by atoms with van der Waals surface area (Å²) in [6, 6.07) is 5.76. The number of nitrogens with one attached hydrogen (secondary N) is 2. The fourth-order valence-corrected chi connectivity index (χ4v) is 1.86. The molecule has 0 saturated heterocycles. The van der Waals surface area contributed by atoms with Crippen LogP contribution in [0.25, 0.3) is 0 Å². The summed E-state index contributed by atoms with van der Waals surface area (Å²) >= 11 is 6.20. The van der Waals surface area contributed by atoms with Gasteiger partial charge in [-0.15, -0.1) is 0 Å². The highest BCUT2D eigenvalue weighted by Gasteiger charge is 2.09. The molecule has 0 radical (unpaired) electrons. The van der Waals surface area contributed by atoms with E-state index in [1.807, 2.05) is 44.1 Å². The zero-order valence-electron chi connectivity index (χ0n) is 11.9. The molecule has 0 aliphatic rings. The first-order valence-electron chi connectivity index (χ1n) is 6.14. The number of aromatic nitrogens is 3. The standard InChI is InChI=1S/C13H17ClN6/c1-8-5-6-10(9(14)7-8)16-12-17-11(15-2)18-13(19-12)20(3)4/h5-7H,1-4H3,(H2,15,16,17,18,19). The summed E-state index contributed by atoms with van der Waals surface area (Å²) in [6.45, 7) is 1.99. The molecule has 0 saturated carbocycles. The van der Waals surface area contributed by atoms with Crippen molar-refractivity contribution in [3.05, 3.63) is 28.8 Å². The molecule has 1 heterocycles. The summed E-state index contributed by atoms with van der Waals surface area (Å²) in [5, 5.41) is 6.65. The molecule has 2 aromatic rings. The minimum atomic E-state index is 0.443. The van der Waals surface area contributed by atoms with E-state index < -0.39 is 0 Å². The van der Waals surface area contributed by atoms with Crippen molar-refractivity contribution in [3.63, 3.8) is 0 Å². The molecule has 0 spiro atoms. The van der Waals surface area contributed by atoms with Gasteiger partial charge in [-0.1, -0.05) is 17.7 Å². The maximum atomic E-state index is 6.20. The van der Waals surface area contributed by atoms with Crippen molar-refractivity contribution in [1.29, 1.82) is 0 Å². The zero-order chi connectivity index (χ0) is 14.7. The molecule has 0 aliphatic carbocycles. The summed E-state index contributed by atoms with van der Waals surface area (Å²) in [5.41, 5.74) is 1.86. The van der Waals surface area contributed by atoms with Crippen LogP contribution >= 0.6 is 11.6 Å². The molecule has 0 atom stereocenters. The molecule has 1 aromatic carbocycles. The highest BCUT2D eigenvalue weighted by molar-refractivity contribution is 6.33. The van der Waals surface area contributed by atoms with Crippen molar-refractivity contribution in [2.24, 2.45) is 0 Å². The molecule has 2 N–H and O–H groups in total. The third-order valence-electron chi connectivity index (χ3n) is 2.62. The van der Waals surface area contributed by atoms with Crippen LogP contribution in [-0.2, 0) is 0 Å². The summed E-state index contributed by atoms with van der Waals surface area (Å²) in [7, 11) is 5.51. The Kier molecular flexibility index (Phi) is 4.24. The number of hydrogen-bond acceptors (Lipinski definition) is 6. The smallest absolute Gasteiger partial charge is 0.233 e. The Labute approximate surface area is 123 Å². The van der Waals surface area contributed by atoms with E-state index >= 15 is 0 Å². The number of hydrogen-bond donors (Lipinski definition) is 2. The summed E-state index contributed by atoms with van der Waals surface area (Å²) in [4.78, 5) is 14.7. The summed E-state index contributed by atoms with van der Waals surface area (Å²) < 4.78 is 0. The van der Waals surface area contributed by atoms with Crippen molar-refractivity contribution in [1.82, 2.24) is 15.0 Å².